The number of likely N-dealkylation sites (N-methyl/N-ethyl adjacent to an activating group) is 1. The highest BCUT2D eigenvalue weighted by atomic mass is 19.4. The van der Waals surface area contributed by atoms with Crippen molar-refractivity contribution < 1.29 is 32.5 Å². The Morgan fingerprint density at radius 1 is 1.11 bits per heavy atom. The molecule has 0 aromatic heterocycles. The number of esters is 1. The number of aliphatic hydroxyl groups is 1. The van der Waals surface area contributed by atoms with Crippen LogP contribution in [0, 0.1) is 0 Å². The molecule has 0 aliphatic carbocycles. The van der Waals surface area contributed by atoms with Crippen LogP contribution in [-0.4, -0.2) is 49.4 Å². The van der Waals surface area contributed by atoms with Gasteiger partial charge in [0.1, 0.15) is 18.5 Å². The van der Waals surface area contributed by atoms with Gasteiger partial charge in [-0.2, -0.15) is 13.2 Å². The van der Waals surface area contributed by atoms with Crippen molar-refractivity contribution in [3.05, 3.63) is 65.2 Å². The lowest BCUT2D eigenvalue weighted by Gasteiger charge is -2.21. The lowest BCUT2D eigenvalue weighted by atomic mass is 10.1. The molecule has 0 spiro atoms. The molecule has 0 fully saturated rings. The van der Waals surface area contributed by atoms with Gasteiger partial charge in [0.25, 0.3) is 0 Å². The largest absolute Gasteiger partial charge is 0.491 e. The van der Waals surface area contributed by atoms with Gasteiger partial charge >= 0.3 is 12.1 Å². The Kier molecular flexibility index (Phi) is 7.42. The highest BCUT2D eigenvalue weighted by Gasteiger charge is 2.29. The van der Waals surface area contributed by atoms with Crippen LogP contribution in [0.5, 0.6) is 5.75 Å². The second kappa shape index (κ2) is 9.57. The van der Waals surface area contributed by atoms with Gasteiger partial charge in [0, 0.05) is 13.1 Å². The fourth-order valence-corrected chi connectivity index (χ4v) is 2.59. The minimum atomic E-state index is -4.35. The molecule has 1 N–H and O–H groups in total. The highest BCUT2D eigenvalue weighted by Crippen LogP contribution is 2.29. The Labute approximate surface area is 161 Å². The third-order valence-electron chi connectivity index (χ3n) is 3.97. The highest BCUT2D eigenvalue weighted by molar-refractivity contribution is 5.89. The monoisotopic (exact) mass is 397 g/mol. The number of halogens is 3. The number of carbonyl (C=O) groups is 1. The summed E-state index contributed by atoms with van der Waals surface area (Å²) in [5, 5.41) is 10.1. The molecule has 0 heterocycles. The normalized spacial score (nSPS) is 12.7. The van der Waals surface area contributed by atoms with Crippen LogP contribution in [0.25, 0.3) is 0 Å². The number of hydrogen-bond donors (Lipinski definition) is 1. The van der Waals surface area contributed by atoms with Gasteiger partial charge in [-0.15, -0.1) is 0 Å². The Morgan fingerprint density at radius 3 is 2.25 bits per heavy atom. The van der Waals surface area contributed by atoms with Crippen LogP contribution < -0.4 is 4.74 Å². The molecule has 0 radical (unpaired) electrons. The van der Waals surface area contributed by atoms with E-state index in [1.165, 1.54) is 19.2 Å². The van der Waals surface area contributed by atoms with E-state index in [0.717, 1.165) is 12.1 Å². The predicted octanol–water partition coefficient (Wildman–Crippen LogP) is 3.36. The lowest BCUT2D eigenvalue weighted by molar-refractivity contribution is -0.137. The fourth-order valence-electron chi connectivity index (χ4n) is 2.59. The second-order valence-corrected chi connectivity index (χ2v) is 6.37. The number of benzene rings is 2. The number of hydrogen-bond acceptors (Lipinski definition) is 5. The smallest absolute Gasteiger partial charge is 0.416 e. The number of ether oxygens (including phenoxy) is 2. The van der Waals surface area contributed by atoms with Crippen molar-refractivity contribution in [1.29, 1.82) is 0 Å². The van der Waals surface area contributed by atoms with E-state index in [0.29, 0.717) is 23.4 Å². The molecule has 152 valence electrons. The van der Waals surface area contributed by atoms with Crippen molar-refractivity contribution in [2.75, 3.05) is 27.3 Å². The molecule has 0 aliphatic rings. The Bertz CT molecular complexity index is 761. The van der Waals surface area contributed by atoms with Crippen LogP contribution in [0.2, 0.25) is 0 Å². The van der Waals surface area contributed by atoms with E-state index in [-0.39, 0.29) is 13.2 Å². The molecule has 2 rings (SSSR count). The molecule has 0 aliphatic heterocycles. The Hall–Kier alpha value is -2.58. The maximum atomic E-state index is 12.6. The average Bonchev–Trinajstić information content (AvgIpc) is 2.65. The van der Waals surface area contributed by atoms with Gasteiger partial charge in [0.05, 0.1) is 18.2 Å². The third-order valence-corrected chi connectivity index (χ3v) is 3.97. The summed E-state index contributed by atoms with van der Waals surface area (Å²) >= 11 is 0. The van der Waals surface area contributed by atoms with Crippen molar-refractivity contribution in [2.45, 2.75) is 18.8 Å². The van der Waals surface area contributed by atoms with Crippen LogP contribution in [0.1, 0.15) is 21.5 Å². The molecule has 5 nitrogen and oxygen atoms in total. The summed E-state index contributed by atoms with van der Waals surface area (Å²) in [7, 11) is 3.05. The van der Waals surface area contributed by atoms with Gasteiger partial charge in [-0.25, -0.2) is 4.79 Å². The van der Waals surface area contributed by atoms with Crippen LogP contribution in [0.15, 0.2) is 48.5 Å². The summed E-state index contributed by atoms with van der Waals surface area (Å²) in [6.07, 6.45) is -5.15. The van der Waals surface area contributed by atoms with E-state index in [1.807, 2.05) is 0 Å². The first-order valence-electron chi connectivity index (χ1n) is 8.53. The van der Waals surface area contributed by atoms with E-state index in [1.54, 1.807) is 36.2 Å². The third kappa shape index (κ3) is 6.54. The molecule has 0 unspecified atom stereocenters. The first kappa shape index (κ1) is 21.7. The molecular formula is C20H22F3NO4. The van der Waals surface area contributed by atoms with Crippen LogP contribution in [0.4, 0.5) is 13.2 Å². The molecular weight excluding hydrogens is 375 g/mol. The number of methoxy groups -OCH3 is 1. The minimum Gasteiger partial charge on any atom is -0.491 e. The molecule has 2 aromatic carbocycles. The van der Waals surface area contributed by atoms with Crippen molar-refractivity contribution in [3.63, 3.8) is 0 Å². The quantitative estimate of drug-likeness (QED) is 0.693. The van der Waals surface area contributed by atoms with Gasteiger partial charge in [0.2, 0.25) is 0 Å². The van der Waals surface area contributed by atoms with Gasteiger partial charge in [-0.05, 0) is 49.0 Å². The molecule has 0 saturated heterocycles. The molecule has 2 aromatic rings. The zero-order valence-corrected chi connectivity index (χ0v) is 15.6. The standard InChI is InChI=1S/C20H22F3NO4/c1-24(11-14-3-7-16(8-4-14)20(21,22)23)12-17(25)13-28-18-9-5-15(6-10-18)19(26)27-2/h3-10,17,25H,11-13H2,1-2H3/t17-/m0/s1. The summed E-state index contributed by atoms with van der Waals surface area (Å²) in [5.41, 5.74) is 0.416. The topological polar surface area (TPSA) is 59.0 Å². The molecule has 8 heteroatoms. The van der Waals surface area contributed by atoms with E-state index < -0.39 is 23.8 Å². The summed E-state index contributed by atoms with van der Waals surface area (Å²) < 4.78 is 47.8. The minimum absolute atomic E-state index is 0.0366. The first-order chi connectivity index (χ1) is 13.2. The molecule has 1 atom stereocenters. The van der Waals surface area contributed by atoms with E-state index >= 15 is 0 Å². The first-order valence-corrected chi connectivity index (χ1v) is 8.53. The Morgan fingerprint density at radius 2 is 1.71 bits per heavy atom. The van der Waals surface area contributed by atoms with Crippen molar-refractivity contribution >= 4 is 5.97 Å². The van der Waals surface area contributed by atoms with Gasteiger partial charge in [-0.1, -0.05) is 12.1 Å². The van der Waals surface area contributed by atoms with Crippen LogP contribution in [-0.2, 0) is 17.5 Å². The van der Waals surface area contributed by atoms with E-state index in [4.69, 9.17) is 4.74 Å². The zero-order chi connectivity index (χ0) is 20.7. The molecule has 0 saturated carbocycles. The predicted molar refractivity (Wildman–Crippen MR) is 97.1 cm³/mol. The SMILES string of the molecule is COC(=O)c1ccc(OC[C@@H](O)CN(C)Cc2ccc(C(F)(F)F)cc2)cc1. The molecule has 0 bridgehead atoms. The van der Waals surface area contributed by atoms with Crippen molar-refractivity contribution in [1.82, 2.24) is 4.90 Å². The second-order valence-electron chi connectivity index (χ2n) is 6.37. The van der Waals surface area contributed by atoms with E-state index in [9.17, 15) is 23.1 Å². The summed E-state index contributed by atoms with van der Waals surface area (Å²) in [6.45, 7) is 0.708. The Balaban J connectivity index is 1.79. The molecule has 28 heavy (non-hydrogen) atoms. The van der Waals surface area contributed by atoms with Gasteiger partial charge in [-0.3, -0.25) is 4.90 Å². The fraction of sp³-hybridized carbons (Fsp3) is 0.350. The summed E-state index contributed by atoms with van der Waals surface area (Å²) in [4.78, 5) is 13.2. The number of aliphatic hydroxyl groups excluding tert-OH is 1. The molecule has 0 amide bonds. The maximum Gasteiger partial charge on any atom is 0.416 e. The summed E-state index contributed by atoms with van der Waals surface area (Å²) in [6, 6.07) is 11.3. The number of rotatable bonds is 8. The van der Waals surface area contributed by atoms with Crippen molar-refractivity contribution in [2.24, 2.45) is 0 Å². The van der Waals surface area contributed by atoms with Crippen molar-refractivity contribution in [3.8, 4) is 5.75 Å². The number of alkyl halides is 3. The maximum absolute atomic E-state index is 12.6. The average molecular weight is 397 g/mol. The lowest BCUT2D eigenvalue weighted by Crippen LogP contribution is -2.32. The van der Waals surface area contributed by atoms with Gasteiger partial charge in [0.15, 0.2) is 0 Å². The summed E-state index contributed by atoms with van der Waals surface area (Å²) in [5.74, 6) is 0.0496. The van der Waals surface area contributed by atoms with E-state index in [2.05, 4.69) is 4.74 Å². The van der Waals surface area contributed by atoms with Gasteiger partial charge < -0.3 is 14.6 Å². The zero-order valence-electron chi connectivity index (χ0n) is 15.6. The van der Waals surface area contributed by atoms with Crippen LogP contribution >= 0.6 is 0 Å². The number of carbonyl (C=O) groups excluding carboxylic acids is 1. The number of nitrogens with zero attached hydrogens (tertiary/aromatic N) is 1. The van der Waals surface area contributed by atoms with Crippen LogP contribution in [0.3, 0.4) is 0 Å².